The van der Waals surface area contributed by atoms with Gasteiger partial charge in [-0.25, -0.2) is 0 Å². The number of carbonyl (C=O) groups is 1. The lowest BCUT2D eigenvalue weighted by Gasteiger charge is -2.35. The van der Waals surface area contributed by atoms with Gasteiger partial charge in [0, 0.05) is 61.5 Å². The monoisotopic (exact) mass is 466 g/mol. The maximum Gasteiger partial charge on any atom is 0.238 e. The SMILES string of the molecule is Cc1cc(C)cc(NC(=O)CN2CCN(c3nnc(Cc4ccncc4)c4ccccc34)CC2)c1. The van der Waals surface area contributed by atoms with Crippen LogP contribution in [0.15, 0.2) is 67.0 Å². The number of nitrogens with one attached hydrogen (secondary N) is 1. The van der Waals surface area contributed by atoms with Crippen molar-refractivity contribution in [1.82, 2.24) is 20.1 Å². The molecule has 1 fully saturated rings. The third-order valence-electron chi connectivity index (χ3n) is 6.41. The van der Waals surface area contributed by atoms with Crippen molar-refractivity contribution < 1.29 is 4.79 Å². The molecule has 1 saturated heterocycles. The van der Waals surface area contributed by atoms with Crippen LogP contribution >= 0.6 is 0 Å². The highest BCUT2D eigenvalue weighted by Gasteiger charge is 2.22. The van der Waals surface area contributed by atoms with Crippen molar-refractivity contribution in [3.63, 3.8) is 0 Å². The van der Waals surface area contributed by atoms with Gasteiger partial charge in [0.1, 0.15) is 0 Å². The number of pyridine rings is 1. The minimum absolute atomic E-state index is 0.0224. The molecule has 0 aliphatic carbocycles. The van der Waals surface area contributed by atoms with Crippen LogP contribution in [-0.2, 0) is 11.2 Å². The summed E-state index contributed by atoms with van der Waals surface area (Å²) in [7, 11) is 0. The average Bonchev–Trinajstić information content (AvgIpc) is 2.85. The molecule has 0 saturated carbocycles. The van der Waals surface area contributed by atoms with Crippen molar-refractivity contribution in [2.45, 2.75) is 20.3 Å². The van der Waals surface area contributed by atoms with E-state index in [4.69, 9.17) is 0 Å². The van der Waals surface area contributed by atoms with Crippen LogP contribution in [0.2, 0.25) is 0 Å². The van der Waals surface area contributed by atoms with Gasteiger partial charge in [-0.3, -0.25) is 14.7 Å². The number of hydrogen-bond acceptors (Lipinski definition) is 6. The Bertz CT molecular complexity index is 1310. The molecule has 0 spiro atoms. The molecule has 35 heavy (non-hydrogen) atoms. The van der Waals surface area contributed by atoms with E-state index in [2.05, 4.69) is 60.6 Å². The van der Waals surface area contributed by atoms with Crippen molar-refractivity contribution in [1.29, 1.82) is 0 Å². The maximum atomic E-state index is 12.6. The number of fused-ring (bicyclic) bond motifs is 1. The fourth-order valence-corrected chi connectivity index (χ4v) is 4.77. The smallest absolute Gasteiger partial charge is 0.238 e. The second kappa shape index (κ2) is 10.2. The third-order valence-corrected chi connectivity index (χ3v) is 6.41. The Morgan fingerprint density at radius 1 is 0.886 bits per heavy atom. The Morgan fingerprint density at radius 2 is 1.57 bits per heavy atom. The number of aryl methyl sites for hydroxylation is 2. The highest BCUT2D eigenvalue weighted by atomic mass is 16.2. The van der Waals surface area contributed by atoms with Gasteiger partial charge >= 0.3 is 0 Å². The summed E-state index contributed by atoms with van der Waals surface area (Å²) < 4.78 is 0. The van der Waals surface area contributed by atoms with Gasteiger partial charge in [-0.2, -0.15) is 5.10 Å². The molecule has 178 valence electrons. The molecule has 7 nitrogen and oxygen atoms in total. The van der Waals surface area contributed by atoms with Gasteiger partial charge in [-0.05, 0) is 54.8 Å². The summed E-state index contributed by atoms with van der Waals surface area (Å²) in [5.41, 5.74) is 5.29. The standard InChI is InChI=1S/C28H30N6O/c1-20-15-21(2)17-23(16-20)30-27(35)19-33-11-13-34(14-12-33)28-25-6-4-3-5-24(25)26(31-32-28)18-22-7-9-29-10-8-22/h3-10,15-17H,11-14,18-19H2,1-2H3,(H,30,35). The Morgan fingerprint density at radius 3 is 2.29 bits per heavy atom. The molecule has 0 radical (unpaired) electrons. The lowest BCUT2D eigenvalue weighted by Crippen LogP contribution is -2.49. The number of rotatable bonds is 6. The molecule has 1 amide bonds. The zero-order chi connectivity index (χ0) is 24.2. The van der Waals surface area contributed by atoms with Crippen LogP contribution in [0.3, 0.4) is 0 Å². The van der Waals surface area contributed by atoms with Crippen LogP contribution < -0.4 is 10.2 Å². The van der Waals surface area contributed by atoms with Crippen LogP contribution in [0.25, 0.3) is 10.8 Å². The first-order valence-corrected chi connectivity index (χ1v) is 12.0. The fourth-order valence-electron chi connectivity index (χ4n) is 4.77. The minimum atomic E-state index is 0.0224. The number of aromatic nitrogens is 3. The normalized spacial score (nSPS) is 14.3. The summed E-state index contributed by atoms with van der Waals surface area (Å²) in [6.07, 6.45) is 4.33. The van der Waals surface area contributed by atoms with Crippen LogP contribution in [0, 0.1) is 13.8 Å². The Kier molecular flexibility index (Phi) is 6.68. The van der Waals surface area contributed by atoms with E-state index >= 15 is 0 Å². The molecule has 4 aromatic rings. The van der Waals surface area contributed by atoms with Gasteiger partial charge in [0.2, 0.25) is 5.91 Å². The number of carbonyl (C=O) groups excluding carboxylic acids is 1. The minimum Gasteiger partial charge on any atom is -0.352 e. The van der Waals surface area contributed by atoms with Crippen LogP contribution in [0.5, 0.6) is 0 Å². The van der Waals surface area contributed by atoms with Gasteiger partial charge in [0.05, 0.1) is 12.2 Å². The van der Waals surface area contributed by atoms with Gasteiger partial charge in [0.15, 0.2) is 5.82 Å². The summed E-state index contributed by atoms with van der Waals surface area (Å²) in [5, 5.41) is 14.6. The van der Waals surface area contributed by atoms with Crippen LogP contribution in [0.1, 0.15) is 22.4 Å². The van der Waals surface area contributed by atoms with E-state index in [1.807, 2.05) is 38.1 Å². The molecule has 2 aromatic heterocycles. The number of benzene rings is 2. The molecule has 1 N–H and O–H groups in total. The van der Waals surface area contributed by atoms with Crippen molar-refractivity contribution in [3.05, 3.63) is 89.4 Å². The molecule has 1 aliphatic heterocycles. The van der Waals surface area contributed by atoms with Crippen molar-refractivity contribution in [2.75, 3.05) is 42.9 Å². The summed E-state index contributed by atoms with van der Waals surface area (Å²) >= 11 is 0. The van der Waals surface area contributed by atoms with Gasteiger partial charge < -0.3 is 10.2 Å². The molecule has 7 heteroatoms. The summed E-state index contributed by atoms with van der Waals surface area (Å²) in [4.78, 5) is 21.2. The van der Waals surface area contributed by atoms with E-state index in [-0.39, 0.29) is 5.91 Å². The molecule has 0 atom stereocenters. The van der Waals surface area contributed by atoms with E-state index < -0.39 is 0 Å². The molecule has 0 bridgehead atoms. The van der Waals surface area contributed by atoms with Gasteiger partial charge in [-0.15, -0.1) is 5.10 Å². The first kappa shape index (κ1) is 22.9. The molecule has 2 aromatic carbocycles. The number of piperazine rings is 1. The predicted octanol–water partition coefficient (Wildman–Crippen LogP) is 3.99. The lowest BCUT2D eigenvalue weighted by molar-refractivity contribution is -0.117. The second-order valence-electron chi connectivity index (χ2n) is 9.24. The van der Waals surface area contributed by atoms with Crippen molar-refractivity contribution in [2.24, 2.45) is 0 Å². The molecule has 0 unspecified atom stereocenters. The lowest BCUT2D eigenvalue weighted by atomic mass is 10.0. The molecular weight excluding hydrogens is 436 g/mol. The highest BCUT2D eigenvalue weighted by molar-refractivity contribution is 5.94. The molecular formula is C28H30N6O. The Labute approximate surface area is 205 Å². The second-order valence-corrected chi connectivity index (χ2v) is 9.24. The number of anilines is 2. The van der Waals surface area contributed by atoms with E-state index in [0.29, 0.717) is 6.54 Å². The quantitative estimate of drug-likeness (QED) is 0.463. The molecule has 1 aliphatic rings. The summed E-state index contributed by atoms with van der Waals surface area (Å²) in [5.74, 6) is 0.938. The van der Waals surface area contributed by atoms with E-state index in [0.717, 1.165) is 71.7 Å². The van der Waals surface area contributed by atoms with Crippen LogP contribution in [0.4, 0.5) is 11.5 Å². The van der Waals surface area contributed by atoms with Crippen LogP contribution in [-0.4, -0.2) is 58.7 Å². The van der Waals surface area contributed by atoms with E-state index in [1.54, 1.807) is 12.4 Å². The van der Waals surface area contributed by atoms with Gasteiger partial charge in [-0.1, -0.05) is 30.3 Å². The zero-order valence-corrected chi connectivity index (χ0v) is 20.2. The third kappa shape index (κ3) is 5.46. The van der Waals surface area contributed by atoms with E-state index in [9.17, 15) is 4.79 Å². The fraction of sp³-hybridized carbons (Fsp3) is 0.286. The number of amides is 1. The zero-order valence-electron chi connectivity index (χ0n) is 20.2. The Hall–Kier alpha value is -3.84. The predicted molar refractivity (Wildman–Crippen MR) is 140 cm³/mol. The number of nitrogens with zero attached hydrogens (tertiary/aromatic N) is 5. The topological polar surface area (TPSA) is 74.2 Å². The van der Waals surface area contributed by atoms with Crippen molar-refractivity contribution in [3.8, 4) is 0 Å². The van der Waals surface area contributed by atoms with Gasteiger partial charge in [0.25, 0.3) is 0 Å². The maximum absolute atomic E-state index is 12.6. The average molecular weight is 467 g/mol. The molecule has 5 rings (SSSR count). The number of hydrogen-bond donors (Lipinski definition) is 1. The summed E-state index contributed by atoms with van der Waals surface area (Å²) in [6, 6.07) is 18.5. The summed E-state index contributed by atoms with van der Waals surface area (Å²) in [6.45, 7) is 7.68. The molecule has 3 heterocycles. The van der Waals surface area contributed by atoms with Crippen molar-refractivity contribution >= 4 is 28.2 Å². The van der Waals surface area contributed by atoms with E-state index in [1.165, 1.54) is 5.56 Å². The first-order valence-electron chi connectivity index (χ1n) is 12.0. The largest absolute Gasteiger partial charge is 0.352 e. The Balaban J connectivity index is 1.24. The highest BCUT2D eigenvalue weighted by Crippen LogP contribution is 2.27. The first-order chi connectivity index (χ1) is 17.0.